The molecule has 1 amide bonds. The number of hydrogen-bond donors (Lipinski definition) is 1. The fraction of sp³-hybridized carbons (Fsp3) is 0.524. The van der Waals surface area contributed by atoms with Crippen LogP contribution in [0.25, 0.3) is 0 Å². The molecule has 3 heterocycles. The molecule has 0 bridgehead atoms. The normalized spacial score (nSPS) is 21.3. The third kappa shape index (κ3) is 4.90. The number of likely N-dealkylation sites (tertiary alicyclic amines) is 1. The smallest absolute Gasteiger partial charge is 0.267 e. The maximum Gasteiger partial charge on any atom is 0.267 e. The van der Waals surface area contributed by atoms with Crippen molar-refractivity contribution in [2.24, 2.45) is 5.92 Å². The molecule has 2 saturated heterocycles. The van der Waals surface area contributed by atoms with Crippen LogP contribution in [-0.4, -0.2) is 48.0 Å². The molecule has 29 heavy (non-hydrogen) atoms. The van der Waals surface area contributed by atoms with E-state index in [2.05, 4.69) is 27.0 Å². The van der Waals surface area contributed by atoms with Crippen molar-refractivity contribution < 1.29 is 9.18 Å². The highest BCUT2D eigenvalue weighted by Gasteiger charge is 2.28. The highest BCUT2D eigenvalue weighted by atomic mass is 35.5. The van der Waals surface area contributed by atoms with E-state index in [1.165, 1.54) is 55.5 Å². The SMILES string of the molecule is C[C@@H]1CCCN(C2CCN(c3ncc(C(=O)Nc4ccc(F)cc4Cl)s3)CC2)C1. The zero-order valence-corrected chi connectivity index (χ0v) is 18.1. The lowest BCUT2D eigenvalue weighted by Crippen LogP contribution is -2.48. The molecule has 2 fully saturated rings. The number of hydrogen-bond acceptors (Lipinski definition) is 5. The van der Waals surface area contributed by atoms with Gasteiger partial charge in [-0.1, -0.05) is 29.9 Å². The second kappa shape index (κ2) is 8.98. The van der Waals surface area contributed by atoms with Crippen LogP contribution in [0.2, 0.25) is 5.02 Å². The Morgan fingerprint density at radius 1 is 1.28 bits per heavy atom. The van der Waals surface area contributed by atoms with Crippen molar-refractivity contribution in [1.29, 1.82) is 0 Å². The molecular weight excluding hydrogens is 411 g/mol. The Morgan fingerprint density at radius 2 is 2.07 bits per heavy atom. The van der Waals surface area contributed by atoms with E-state index in [9.17, 15) is 9.18 Å². The molecule has 1 aromatic carbocycles. The minimum atomic E-state index is -0.435. The first-order valence-electron chi connectivity index (χ1n) is 10.2. The number of piperidine rings is 2. The Morgan fingerprint density at radius 3 is 2.79 bits per heavy atom. The fourth-order valence-corrected chi connectivity index (χ4v) is 5.35. The molecule has 1 aromatic heterocycles. The molecule has 2 aliphatic rings. The van der Waals surface area contributed by atoms with Gasteiger partial charge in [0.1, 0.15) is 10.7 Å². The summed E-state index contributed by atoms with van der Waals surface area (Å²) >= 11 is 7.38. The number of anilines is 2. The topological polar surface area (TPSA) is 48.5 Å². The second-order valence-corrected chi connectivity index (χ2v) is 9.46. The molecule has 0 aliphatic carbocycles. The highest BCUT2D eigenvalue weighted by Crippen LogP contribution is 2.30. The number of halogens is 2. The number of carbonyl (C=O) groups is 1. The minimum Gasteiger partial charge on any atom is -0.348 e. The van der Waals surface area contributed by atoms with E-state index < -0.39 is 5.82 Å². The molecule has 0 unspecified atom stereocenters. The van der Waals surface area contributed by atoms with Crippen molar-refractivity contribution >= 4 is 39.7 Å². The Hall–Kier alpha value is -1.70. The predicted octanol–water partition coefficient (Wildman–Crippen LogP) is 4.89. The molecule has 2 aromatic rings. The first-order chi connectivity index (χ1) is 14.0. The Labute approximate surface area is 179 Å². The van der Waals surface area contributed by atoms with Crippen molar-refractivity contribution in [3.8, 4) is 0 Å². The fourth-order valence-electron chi connectivity index (χ4n) is 4.27. The first-order valence-corrected chi connectivity index (χ1v) is 11.4. The summed E-state index contributed by atoms with van der Waals surface area (Å²) in [5.41, 5.74) is 0.393. The summed E-state index contributed by atoms with van der Waals surface area (Å²) in [6, 6.07) is 4.58. The number of nitrogens with one attached hydrogen (secondary N) is 1. The number of aromatic nitrogens is 1. The lowest BCUT2D eigenvalue weighted by atomic mass is 9.95. The first kappa shape index (κ1) is 20.6. The molecule has 0 spiro atoms. The zero-order chi connectivity index (χ0) is 20.4. The molecule has 5 nitrogen and oxygen atoms in total. The Bertz CT molecular complexity index is 868. The van der Waals surface area contributed by atoms with Crippen molar-refractivity contribution in [1.82, 2.24) is 9.88 Å². The van der Waals surface area contributed by atoms with Crippen LogP contribution in [0.3, 0.4) is 0 Å². The van der Waals surface area contributed by atoms with E-state index in [0.717, 1.165) is 37.0 Å². The molecule has 0 saturated carbocycles. The van der Waals surface area contributed by atoms with E-state index in [4.69, 9.17) is 11.6 Å². The van der Waals surface area contributed by atoms with Crippen molar-refractivity contribution in [2.45, 2.75) is 38.6 Å². The van der Waals surface area contributed by atoms with Crippen molar-refractivity contribution in [2.75, 3.05) is 36.4 Å². The largest absolute Gasteiger partial charge is 0.348 e. The lowest BCUT2D eigenvalue weighted by Gasteiger charge is -2.41. The van der Waals surface area contributed by atoms with Gasteiger partial charge in [-0.3, -0.25) is 9.69 Å². The van der Waals surface area contributed by atoms with E-state index >= 15 is 0 Å². The second-order valence-electron chi connectivity index (χ2n) is 8.05. The van der Waals surface area contributed by atoms with Gasteiger partial charge in [0.05, 0.1) is 16.9 Å². The Kier molecular flexibility index (Phi) is 6.37. The van der Waals surface area contributed by atoms with Crippen LogP contribution in [0.5, 0.6) is 0 Å². The Balaban J connectivity index is 1.34. The van der Waals surface area contributed by atoms with E-state index in [1.54, 1.807) is 6.20 Å². The van der Waals surface area contributed by atoms with Crippen LogP contribution >= 0.6 is 22.9 Å². The van der Waals surface area contributed by atoms with Crippen LogP contribution in [0, 0.1) is 11.7 Å². The van der Waals surface area contributed by atoms with E-state index in [0.29, 0.717) is 16.6 Å². The molecule has 0 radical (unpaired) electrons. The summed E-state index contributed by atoms with van der Waals surface area (Å²) in [4.78, 5) is 22.4. The zero-order valence-electron chi connectivity index (χ0n) is 16.5. The predicted molar refractivity (Wildman–Crippen MR) is 117 cm³/mol. The standard InChI is InChI=1S/C21H26ClFN4OS/c1-14-3-2-8-27(13-14)16-6-9-26(10-7-16)21-24-12-19(29-21)20(28)25-18-5-4-15(23)11-17(18)22/h4-5,11-12,14,16H,2-3,6-10,13H2,1H3,(H,25,28)/t14-/m1/s1. The molecular formula is C21H26ClFN4OS. The van der Waals surface area contributed by atoms with Gasteiger partial charge in [0.2, 0.25) is 0 Å². The molecule has 8 heteroatoms. The van der Waals surface area contributed by atoms with Crippen LogP contribution in [0.4, 0.5) is 15.2 Å². The van der Waals surface area contributed by atoms with Gasteiger partial charge >= 0.3 is 0 Å². The molecule has 1 N–H and O–H groups in total. The molecule has 2 aliphatic heterocycles. The van der Waals surface area contributed by atoms with Crippen LogP contribution in [0.1, 0.15) is 42.3 Å². The van der Waals surface area contributed by atoms with Crippen LogP contribution in [-0.2, 0) is 0 Å². The number of benzene rings is 1. The van der Waals surface area contributed by atoms with Gasteiger partial charge in [0.25, 0.3) is 5.91 Å². The monoisotopic (exact) mass is 436 g/mol. The average Bonchev–Trinajstić information content (AvgIpc) is 3.21. The van der Waals surface area contributed by atoms with Gasteiger partial charge in [-0.25, -0.2) is 9.37 Å². The maximum absolute atomic E-state index is 13.2. The van der Waals surface area contributed by atoms with Crippen molar-refractivity contribution in [3.63, 3.8) is 0 Å². The summed E-state index contributed by atoms with van der Waals surface area (Å²) in [7, 11) is 0. The third-order valence-electron chi connectivity index (χ3n) is 5.84. The van der Waals surface area contributed by atoms with Gasteiger partial charge < -0.3 is 10.2 Å². The number of rotatable bonds is 4. The number of nitrogens with zero attached hydrogens (tertiary/aromatic N) is 3. The van der Waals surface area contributed by atoms with Gasteiger partial charge in [0.15, 0.2) is 5.13 Å². The molecule has 156 valence electrons. The lowest BCUT2D eigenvalue weighted by molar-refractivity contribution is 0.103. The third-order valence-corrected chi connectivity index (χ3v) is 7.21. The van der Waals surface area contributed by atoms with Gasteiger partial charge in [-0.05, 0) is 56.3 Å². The van der Waals surface area contributed by atoms with Crippen LogP contribution in [0.15, 0.2) is 24.4 Å². The van der Waals surface area contributed by atoms with Gasteiger partial charge in [-0.2, -0.15) is 0 Å². The maximum atomic E-state index is 13.2. The van der Waals surface area contributed by atoms with Gasteiger partial charge in [-0.15, -0.1) is 0 Å². The summed E-state index contributed by atoms with van der Waals surface area (Å²) < 4.78 is 13.2. The molecule has 4 rings (SSSR count). The quantitative estimate of drug-likeness (QED) is 0.741. The van der Waals surface area contributed by atoms with E-state index in [1.807, 2.05) is 0 Å². The van der Waals surface area contributed by atoms with Crippen molar-refractivity contribution in [3.05, 3.63) is 40.1 Å². The number of carbonyl (C=O) groups excluding carboxylic acids is 1. The average molecular weight is 437 g/mol. The summed E-state index contributed by atoms with van der Waals surface area (Å²) in [6.45, 7) is 6.73. The van der Waals surface area contributed by atoms with Crippen LogP contribution < -0.4 is 10.2 Å². The summed E-state index contributed by atoms with van der Waals surface area (Å²) in [5.74, 6) is 0.0892. The minimum absolute atomic E-state index is 0.178. The van der Waals surface area contributed by atoms with Gasteiger partial charge in [0, 0.05) is 25.7 Å². The number of thiazole rings is 1. The summed E-state index contributed by atoms with van der Waals surface area (Å²) in [5, 5.41) is 3.79. The highest BCUT2D eigenvalue weighted by molar-refractivity contribution is 7.17. The van der Waals surface area contributed by atoms with E-state index in [-0.39, 0.29) is 10.9 Å². The summed E-state index contributed by atoms with van der Waals surface area (Å²) in [6.07, 6.45) is 6.54. The number of amides is 1. The molecule has 1 atom stereocenters.